The summed E-state index contributed by atoms with van der Waals surface area (Å²) in [6.07, 6.45) is 19.0. The summed E-state index contributed by atoms with van der Waals surface area (Å²) in [6, 6.07) is 0. The third-order valence-electron chi connectivity index (χ3n) is 1.45. The molecule has 4 aliphatic rings. The van der Waals surface area contributed by atoms with Crippen LogP contribution in [0.4, 0.5) is 0 Å². The molecule has 0 radical (unpaired) electrons. The van der Waals surface area contributed by atoms with Crippen LogP contribution in [0.5, 0.6) is 0 Å². The molecule has 0 aromatic carbocycles. The van der Waals surface area contributed by atoms with Gasteiger partial charge in [-0.3, -0.25) is 0 Å². The summed E-state index contributed by atoms with van der Waals surface area (Å²) in [5.74, 6) is 0. The number of halogens is 2. The van der Waals surface area contributed by atoms with E-state index in [1.54, 1.807) is 0 Å². The van der Waals surface area contributed by atoms with E-state index in [0.717, 1.165) is 0 Å². The van der Waals surface area contributed by atoms with Gasteiger partial charge in [-0.1, -0.05) is 0 Å². The zero-order valence-corrected chi connectivity index (χ0v) is 26.1. The number of nitrogens with one attached hydrogen (secondary N) is 4. The fourth-order valence-corrected chi connectivity index (χ4v) is 3.87. The smallest absolute Gasteiger partial charge is 1.00 e. The van der Waals surface area contributed by atoms with Gasteiger partial charge >= 0.3 is 200 Å². The Morgan fingerprint density at radius 2 is 0.667 bits per heavy atom. The molecule has 12 heteroatoms. The molecule has 0 saturated heterocycles. The van der Waals surface area contributed by atoms with Crippen molar-refractivity contribution in [2.75, 3.05) is 0 Å². The Hall–Kier alpha value is 2.22. The fraction of sp³-hybridized carbons (Fsp3) is 0. The summed E-state index contributed by atoms with van der Waals surface area (Å²) >= 11 is 1.25. The molecule has 4 rings (SSSR count). The Bertz CT molecular complexity index is 367. The van der Waals surface area contributed by atoms with Gasteiger partial charge in [0.25, 0.3) is 0 Å². The molecular weight excluding hydrogens is 753 g/mol. The maximum atomic E-state index is 2.95. The average Bonchev–Trinajstić information content (AvgIpc) is 3.40. The van der Waals surface area contributed by atoms with E-state index in [-0.39, 0.29) is 77.2 Å². The van der Waals surface area contributed by atoms with Crippen molar-refractivity contribution in [3.63, 3.8) is 0 Å². The molecule has 0 atom stereocenters. The quantitative estimate of drug-likeness (QED) is 0.147. The second-order valence-corrected chi connectivity index (χ2v) is 9.35. The van der Waals surface area contributed by atoms with E-state index >= 15 is 0 Å². The molecule has 4 aliphatic heterocycles. The summed E-state index contributed by atoms with van der Waals surface area (Å²) in [7, 11) is 0. The van der Waals surface area contributed by atoms with Gasteiger partial charge in [0.2, 0.25) is 0 Å². The van der Waals surface area contributed by atoms with Gasteiger partial charge < -0.3 is 24.8 Å². The fourth-order valence-electron chi connectivity index (χ4n) is 0.745. The molecule has 24 heavy (non-hydrogen) atoms. The standard InChI is InChI=1S/4C3H3AsN.2ClH.2Zr/c4*1-2-4-5-3-1;;;;/h4*1-2,5H;2*1H;;/q4*-1;;;2*+2/p-2. The molecule has 0 saturated carbocycles. The van der Waals surface area contributed by atoms with E-state index in [4.69, 9.17) is 0 Å². The van der Waals surface area contributed by atoms with Crippen molar-refractivity contribution in [3.8, 4) is 0 Å². The molecule has 0 bridgehead atoms. The Morgan fingerprint density at radius 1 is 0.458 bits per heavy atom. The molecule has 4 heterocycles. The first kappa shape index (κ1) is 33.8. The van der Waals surface area contributed by atoms with E-state index in [1.165, 1.54) is 0 Å². The summed E-state index contributed by atoms with van der Waals surface area (Å²) in [6.45, 7) is 0. The summed E-state index contributed by atoms with van der Waals surface area (Å²) in [5, 5.41) is 0. The zero-order chi connectivity index (χ0) is 14.1. The largest absolute Gasteiger partial charge is 2.00 e. The monoisotopic (exact) mass is 762 g/mol. The number of rotatable bonds is 0. The van der Waals surface area contributed by atoms with Crippen molar-refractivity contribution in [2.24, 2.45) is 0 Å². The molecule has 0 aliphatic carbocycles. The Kier molecular flexibility index (Phi) is 42.2. The molecular formula is C12H12As4Cl2N4Zr2-2. The molecule has 0 aromatic rings. The maximum absolute atomic E-state index is 2.95. The van der Waals surface area contributed by atoms with E-state index in [0.29, 0.717) is 62.1 Å². The zero-order valence-electron chi connectivity index (χ0n) is 12.2. The number of hydrogen-bond acceptors (Lipinski definition) is 4. The molecule has 0 amide bonds. The number of hydrogen-bond donors (Lipinski definition) is 4. The second kappa shape index (κ2) is 30.0. The van der Waals surface area contributed by atoms with Crippen molar-refractivity contribution in [1.82, 2.24) is 16.9 Å². The third kappa shape index (κ3) is 26.4. The number of allylic oxidation sites excluding steroid dienone is 4. The van der Waals surface area contributed by atoms with Gasteiger partial charge in [0.1, 0.15) is 0 Å². The molecule has 0 spiro atoms. The van der Waals surface area contributed by atoms with Crippen LogP contribution < -0.4 is 41.7 Å². The topological polar surface area (TPSA) is 48.1 Å². The summed E-state index contributed by atoms with van der Waals surface area (Å²) < 4.78 is 11.8. The Labute approximate surface area is 221 Å². The first-order valence-corrected chi connectivity index (χ1v) is 13.5. The maximum Gasteiger partial charge on any atom is 2.00 e. The van der Waals surface area contributed by atoms with Crippen molar-refractivity contribution < 1.29 is 77.2 Å². The van der Waals surface area contributed by atoms with Gasteiger partial charge in [-0.2, -0.15) is 0 Å². The van der Waals surface area contributed by atoms with Crippen molar-refractivity contribution >= 4 is 81.4 Å². The van der Waals surface area contributed by atoms with Gasteiger partial charge in [0, 0.05) is 0 Å². The minimum absolute atomic E-state index is 0. The van der Waals surface area contributed by atoms with E-state index < -0.39 is 0 Å². The molecule has 124 valence electrons. The van der Waals surface area contributed by atoms with Gasteiger partial charge in [0.15, 0.2) is 0 Å². The minimum Gasteiger partial charge on any atom is -1.00 e. The van der Waals surface area contributed by atoms with Gasteiger partial charge in [-0.25, -0.2) is 0 Å². The SMILES string of the molecule is [C-]1=CC=[As]N1.[C-]1=CC=[As]N1.[C-]1=CC=[As]N1.[C-]1=CC=[As]N1.[Cl-].[Cl-].[Zr+2].[Zr+2]. The first-order valence-electron chi connectivity index (χ1n) is 5.42. The normalized spacial score (nSPS) is 16.0. The van der Waals surface area contributed by atoms with Crippen LogP contribution in [0.15, 0.2) is 24.3 Å². The van der Waals surface area contributed by atoms with Crippen LogP contribution in [-0.2, 0) is 52.4 Å². The van der Waals surface area contributed by atoms with Crippen LogP contribution in [0.25, 0.3) is 0 Å². The average molecular weight is 765 g/mol. The van der Waals surface area contributed by atoms with E-state index in [2.05, 4.69) is 61.0 Å². The molecule has 0 unspecified atom stereocenters. The van der Waals surface area contributed by atoms with E-state index in [9.17, 15) is 0 Å². The van der Waals surface area contributed by atoms with Crippen LogP contribution >= 0.6 is 0 Å². The van der Waals surface area contributed by atoms with Gasteiger partial charge in [-0.15, -0.1) is 0 Å². The van der Waals surface area contributed by atoms with Crippen LogP contribution in [0.2, 0.25) is 0 Å². The van der Waals surface area contributed by atoms with Gasteiger partial charge in [0.05, 0.1) is 0 Å². The summed E-state index contributed by atoms with van der Waals surface area (Å²) in [4.78, 5) is 8.43. The Morgan fingerprint density at radius 3 is 0.708 bits per heavy atom. The van der Waals surface area contributed by atoms with Crippen LogP contribution in [0, 0.1) is 24.8 Å². The van der Waals surface area contributed by atoms with Crippen LogP contribution in [0.3, 0.4) is 0 Å². The molecule has 4 N–H and O–H groups in total. The summed E-state index contributed by atoms with van der Waals surface area (Å²) in [5.41, 5.74) is 0. The van der Waals surface area contributed by atoms with E-state index in [1.807, 2.05) is 24.3 Å². The van der Waals surface area contributed by atoms with Crippen LogP contribution in [-0.4, -0.2) is 81.4 Å². The molecule has 0 aromatic heterocycles. The van der Waals surface area contributed by atoms with Crippen molar-refractivity contribution in [1.29, 1.82) is 0 Å². The minimum atomic E-state index is 0. The van der Waals surface area contributed by atoms with Gasteiger partial charge in [-0.05, 0) is 0 Å². The predicted molar refractivity (Wildman–Crippen MR) is 91.1 cm³/mol. The third-order valence-corrected chi connectivity index (χ3v) is 6.12. The van der Waals surface area contributed by atoms with Crippen LogP contribution in [0.1, 0.15) is 0 Å². The molecule has 0 fully saturated rings. The first-order chi connectivity index (χ1) is 10.0. The second-order valence-electron chi connectivity index (χ2n) is 2.80. The Balaban J connectivity index is -0.000000105. The predicted octanol–water partition coefficient (Wildman–Crippen LogP) is -8.69. The molecule has 4 nitrogen and oxygen atoms in total. The van der Waals surface area contributed by atoms with Crippen molar-refractivity contribution in [2.45, 2.75) is 0 Å². The van der Waals surface area contributed by atoms with Crippen molar-refractivity contribution in [3.05, 3.63) is 49.1 Å².